The van der Waals surface area contributed by atoms with Crippen LogP contribution in [0.3, 0.4) is 0 Å². The first-order valence-electron chi connectivity index (χ1n) is 13.3. The molecule has 1 aliphatic heterocycles. The molecule has 6 unspecified atom stereocenters. The van der Waals surface area contributed by atoms with Gasteiger partial charge < -0.3 is 9.16 Å². The summed E-state index contributed by atoms with van der Waals surface area (Å²) in [5.74, 6) is 3.50. The van der Waals surface area contributed by atoms with Crippen molar-refractivity contribution in [1.29, 1.82) is 0 Å². The Morgan fingerprint density at radius 3 is 2.35 bits per heavy atom. The SMILES string of the molecule is CC1(C2CCC3C4CC=C5CC(O[Si](C)(C)C(C)(C)C)CC[C@]5(C)C4CC[C@@]32C)CO1. The van der Waals surface area contributed by atoms with E-state index in [4.69, 9.17) is 9.16 Å². The molecule has 4 aliphatic carbocycles. The minimum absolute atomic E-state index is 0.203. The third-order valence-corrected chi connectivity index (χ3v) is 16.2. The summed E-state index contributed by atoms with van der Waals surface area (Å²) >= 11 is 0. The third kappa shape index (κ3) is 3.38. The maximum Gasteiger partial charge on any atom is 0.192 e. The molecule has 2 nitrogen and oxygen atoms in total. The summed E-state index contributed by atoms with van der Waals surface area (Å²) in [4.78, 5) is 0. The molecule has 0 amide bonds. The van der Waals surface area contributed by atoms with Crippen LogP contribution in [0.1, 0.15) is 92.9 Å². The van der Waals surface area contributed by atoms with Gasteiger partial charge in [-0.1, -0.05) is 46.3 Å². The van der Waals surface area contributed by atoms with E-state index in [0.29, 0.717) is 22.0 Å². The van der Waals surface area contributed by atoms with Gasteiger partial charge in [0, 0.05) is 6.10 Å². The number of hydrogen-bond donors (Lipinski definition) is 0. The molecule has 0 radical (unpaired) electrons. The fourth-order valence-corrected chi connectivity index (χ4v) is 10.0. The lowest BCUT2D eigenvalue weighted by molar-refractivity contribution is -0.0588. The third-order valence-electron chi connectivity index (χ3n) is 11.7. The summed E-state index contributed by atoms with van der Waals surface area (Å²) in [7, 11) is -1.69. The van der Waals surface area contributed by atoms with Crippen molar-refractivity contribution in [2.24, 2.45) is 34.5 Å². The maximum absolute atomic E-state index is 6.90. The highest BCUT2D eigenvalue weighted by Crippen LogP contribution is 2.69. The number of epoxide rings is 1. The second-order valence-electron chi connectivity index (χ2n) is 14.3. The van der Waals surface area contributed by atoms with Gasteiger partial charge in [-0.15, -0.1) is 0 Å². The summed E-state index contributed by atoms with van der Waals surface area (Å²) in [5, 5.41) is 0.300. The lowest BCUT2D eigenvalue weighted by Gasteiger charge is -2.58. The highest BCUT2D eigenvalue weighted by atomic mass is 28.4. The first-order chi connectivity index (χ1) is 14.3. The summed E-state index contributed by atoms with van der Waals surface area (Å²) in [6.45, 7) is 20.6. The second-order valence-corrected chi connectivity index (χ2v) is 19.0. The molecule has 31 heavy (non-hydrogen) atoms. The Hall–Kier alpha value is -0.123. The molecule has 176 valence electrons. The van der Waals surface area contributed by atoms with Gasteiger partial charge >= 0.3 is 0 Å². The summed E-state index contributed by atoms with van der Waals surface area (Å²) in [6, 6.07) is 0. The van der Waals surface area contributed by atoms with E-state index >= 15 is 0 Å². The molecule has 0 aromatic carbocycles. The van der Waals surface area contributed by atoms with E-state index in [1.807, 2.05) is 0 Å². The quantitative estimate of drug-likeness (QED) is 0.252. The van der Waals surface area contributed by atoms with Crippen molar-refractivity contribution < 1.29 is 9.16 Å². The summed E-state index contributed by atoms with van der Waals surface area (Å²) in [6.07, 6.45) is 14.0. The standard InChI is InChI=1S/C28H48O2Si/c1-25(2,3)31(7,8)30-20-13-15-26(4)19(17-20)9-10-21-22-11-12-24(28(6)18-29-28)27(22,5)16-14-23(21)26/h9,20-24H,10-18H2,1-8H3/t20?,21?,22?,23?,24?,26-,27-,28?/m0/s1. The van der Waals surface area contributed by atoms with Gasteiger partial charge in [-0.3, -0.25) is 0 Å². The molecule has 5 aliphatic rings. The molecule has 0 bridgehead atoms. The molecule has 4 fully saturated rings. The first-order valence-corrected chi connectivity index (χ1v) is 16.2. The van der Waals surface area contributed by atoms with Gasteiger partial charge in [-0.05, 0) is 111 Å². The van der Waals surface area contributed by atoms with Crippen molar-refractivity contribution in [2.45, 2.75) is 123 Å². The van der Waals surface area contributed by atoms with E-state index in [-0.39, 0.29) is 5.60 Å². The average molecular weight is 445 g/mol. The summed E-state index contributed by atoms with van der Waals surface area (Å²) < 4.78 is 12.9. The van der Waals surface area contributed by atoms with Crippen LogP contribution >= 0.6 is 0 Å². The number of hydrogen-bond acceptors (Lipinski definition) is 2. The van der Waals surface area contributed by atoms with Crippen molar-refractivity contribution in [3.05, 3.63) is 11.6 Å². The molecular weight excluding hydrogens is 396 g/mol. The van der Waals surface area contributed by atoms with Gasteiger partial charge in [-0.25, -0.2) is 0 Å². The number of rotatable bonds is 3. The Morgan fingerprint density at radius 2 is 1.71 bits per heavy atom. The molecule has 0 aromatic rings. The van der Waals surface area contributed by atoms with Crippen molar-refractivity contribution in [3.8, 4) is 0 Å². The van der Waals surface area contributed by atoms with Crippen molar-refractivity contribution in [3.63, 3.8) is 0 Å². The van der Waals surface area contributed by atoms with Crippen molar-refractivity contribution in [2.75, 3.05) is 6.61 Å². The molecule has 0 aromatic heterocycles. The van der Waals surface area contributed by atoms with Crippen LogP contribution < -0.4 is 0 Å². The fraction of sp³-hybridized carbons (Fsp3) is 0.929. The Morgan fingerprint density at radius 1 is 1.00 bits per heavy atom. The first kappa shape index (κ1) is 22.7. The molecule has 5 rings (SSSR count). The molecule has 3 saturated carbocycles. The second kappa shape index (κ2) is 6.95. The van der Waals surface area contributed by atoms with Gasteiger partial charge in [0.2, 0.25) is 0 Å². The molecule has 3 heteroatoms. The van der Waals surface area contributed by atoms with Crippen molar-refractivity contribution in [1.82, 2.24) is 0 Å². The fourth-order valence-electron chi connectivity index (χ4n) is 8.64. The van der Waals surface area contributed by atoms with Crippen LogP contribution in [0, 0.1) is 34.5 Å². The van der Waals surface area contributed by atoms with Crippen LogP contribution in [0.25, 0.3) is 0 Å². The zero-order valence-electron chi connectivity index (χ0n) is 21.6. The Labute approximate surface area is 193 Å². The van der Waals surface area contributed by atoms with E-state index in [0.717, 1.165) is 30.3 Å². The van der Waals surface area contributed by atoms with E-state index in [1.54, 1.807) is 5.57 Å². The van der Waals surface area contributed by atoms with E-state index in [2.05, 4.69) is 60.7 Å². The summed E-state index contributed by atoms with van der Waals surface area (Å²) in [5.41, 5.74) is 2.90. The molecule has 1 heterocycles. The lowest BCUT2D eigenvalue weighted by atomic mass is 9.47. The average Bonchev–Trinajstić information content (AvgIpc) is 3.29. The van der Waals surface area contributed by atoms with Crippen LogP contribution in [0.2, 0.25) is 18.1 Å². The predicted octanol–water partition coefficient (Wildman–Crippen LogP) is 7.74. The van der Waals surface area contributed by atoms with Crippen LogP contribution in [0.15, 0.2) is 11.6 Å². The van der Waals surface area contributed by atoms with Crippen LogP contribution in [0.4, 0.5) is 0 Å². The molecule has 8 atom stereocenters. The van der Waals surface area contributed by atoms with Crippen LogP contribution in [-0.4, -0.2) is 26.6 Å². The normalized spacial score (nSPS) is 49.7. The Kier molecular flexibility index (Phi) is 5.08. The number of allylic oxidation sites excluding steroid dienone is 1. The van der Waals surface area contributed by atoms with Crippen LogP contribution in [0.5, 0.6) is 0 Å². The predicted molar refractivity (Wildman–Crippen MR) is 132 cm³/mol. The van der Waals surface area contributed by atoms with Gasteiger partial charge in [0.15, 0.2) is 8.32 Å². The molecule has 1 saturated heterocycles. The smallest absolute Gasteiger partial charge is 0.192 e. The zero-order chi connectivity index (χ0) is 22.4. The highest BCUT2D eigenvalue weighted by molar-refractivity contribution is 6.74. The highest BCUT2D eigenvalue weighted by Gasteiger charge is 2.64. The number of fused-ring (bicyclic) bond motifs is 5. The molecule has 0 spiro atoms. The van der Waals surface area contributed by atoms with Gasteiger partial charge in [-0.2, -0.15) is 0 Å². The van der Waals surface area contributed by atoms with Gasteiger partial charge in [0.25, 0.3) is 0 Å². The van der Waals surface area contributed by atoms with E-state index in [1.165, 1.54) is 51.4 Å². The Balaban J connectivity index is 1.34. The maximum atomic E-state index is 6.90. The zero-order valence-corrected chi connectivity index (χ0v) is 22.6. The van der Waals surface area contributed by atoms with Crippen molar-refractivity contribution >= 4 is 8.32 Å². The largest absolute Gasteiger partial charge is 0.414 e. The minimum Gasteiger partial charge on any atom is -0.414 e. The van der Waals surface area contributed by atoms with Gasteiger partial charge in [0.05, 0.1) is 12.2 Å². The monoisotopic (exact) mass is 444 g/mol. The van der Waals surface area contributed by atoms with Gasteiger partial charge in [0.1, 0.15) is 0 Å². The number of ether oxygens (including phenoxy) is 1. The van der Waals surface area contributed by atoms with E-state index < -0.39 is 8.32 Å². The molecule has 0 N–H and O–H groups in total. The minimum atomic E-state index is -1.69. The Bertz CT molecular complexity index is 759. The van der Waals surface area contributed by atoms with E-state index in [9.17, 15) is 0 Å². The lowest BCUT2D eigenvalue weighted by Crippen LogP contribution is -2.52. The topological polar surface area (TPSA) is 21.8 Å². The molecular formula is C28H48O2Si. The van der Waals surface area contributed by atoms with Crippen LogP contribution in [-0.2, 0) is 9.16 Å².